The first-order valence-corrected chi connectivity index (χ1v) is 9.53. The summed E-state index contributed by atoms with van der Waals surface area (Å²) in [7, 11) is 0. The summed E-state index contributed by atoms with van der Waals surface area (Å²) in [6.07, 6.45) is 3.10. The van der Waals surface area contributed by atoms with E-state index in [9.17, 15) is 14.4 Å². The van der Waals surface area contributed by atoms with Crippen molar-refractivity contribution in [2.75, 3.05) is 23.3 Å². The summed E-state index contributed by atoms with van der Waals surface area (Å²) in [5.74, 6) is -0.303. The van der Waals surface area contributed by atoms with Crippen molar-refractivity contribution in [3.05, 3.63) is 60.9 Å². The van der Waals surface area contributed by atoms with E-state index < -0.39 is 18.0 Å². The van der Waals surface area contributed by atoms with Crippen LogP contribution in [0.1, 0.15) is 6.42 Å². The van der Waals surface area contributed by atoms with Crippen LogP contribution in [0.3, 0.4) is 0 Å². The van der Waals surface area contributed by atoms with E-state index in [-0.39, 0.29) is 12.3 Å². The van der Waals surface area contributed by atoms with E-state index in [2.05, 4.69) is 25.9 Å². The lowest BCUT2D eigenvalue weighted by Gasteiger charge is -2.15. The Morgan fingerprint density at radius 3 is 2.60 bits per heavy atom. The monoisotopic (exact) mass is 404 g/mol. The minimum absolute atomic E-state index is 0.131. The van der Waals surface area contributed by atoms with Gasteiger partial charge >= 0.3 is 6.03 Å². The fourth-order valence-corrected chi connectivity index (χ4v) is 3.33. The molecule has 3 N–H and O–H groups in total. The van der Waals surface area contributed by atoms with Crippen LogP contribution in [0.2, 0.25) is 0 Å². The Balaban J connectivity index is 1.35. The van der Waals surface area contributed by atoms with Crippen molar-refractivity contribution in [3.8, 4) is 0 Å². The van der Waals surface area contributed by atoms with Crippen molar-refractivity contribution in [1.82, 2.24) is 20.6 Å². The fourth-order valence-electron chi connectivity index (χ4n) is 3.33. The van der Waals surface area contributed by atoms with Gasteiger partial charge in [0.05, 0.1) is 12.1 Å². The molecular formula is C21H20N6O3. The number of hydrogen-bond acceptors (Lipinski definition) is 6. The quantitative estimate of drug-likeness (QED) is 0.407. The number of hydrogen-bond donors (Lipinski definition) is 3. The normalized spacial score (nSPS) is 15.9. The molecule has 1 unspecified atom stereocenters. The van der Waals surface area contributed by atoms with Crippen molar-refractivity contribution in [1.29, 1.82) is 0 Å². The number of rotatable bonds is 7. The van der Waals surface area contributed by atoms with Crippen LogP contribution >= 0.6 is 0 Å². The van der Waals surface area contributed by atoms with Gasteiger partial charge in [0.2, 0.25) is 11.9 Å². The second kappa shape index (κ2) is 8.56. The van der Waals surface area contributed by atoms with Crippen molar-refractivity contribution in [3.63, 3.8) is 0 Å². The van der Waals surface area contributed by atoms with Gasteiger partial charge in [0, 0.05) is 30.9 Å². The molecule has 4 amide bonds. The maximum atomic E-state index is 12.8. The second-order valence-corrected chi connectivity index (χ2v) is 6.73. The van der Waals surface area contributed by atoms with Gasteiger partial charge in [-0.3, -0.25) is 9.59 Å². The van der Waals surface area contributed by atoms with Crippen LogP contribution in [0.25, 0.3) is 10.8 Å². The summed E-state index contributed by atoms with van der Waals surface area (Å²) in [5.41, 5.74) is 0.505. The van der Waals surface area contributed by atoms with Gasteiger partial charge in [0.1, 0.15) is 6.04 Å². The molecule has 0 bridgehead atoms. The van der Waals surface area contributed by atoms with E-state index in [4.69, 9.17) is 0 Å². The number of carbonyl (C=O) groups is 3. The zero-order chi connectivity index (χ0) is 20.9. The number of carbonyl (C=O) groups excluding carboxylic acids is 3. The molecule has 9 heteroatoms. The van der Waals surface area contributed by atoms with Crippen molar-refractivity contribution in [2.24, 2.45) is 0 Å². The molecule has 30 heavy (non-hydrogen) atoms. The molecule has 1 aromatic heterocycles. The summed E-state index contributed by atoms with van der Waals surface area (Å²) in [6, 6.07) is 13.2. The minimum Gasteiger partial charge on any atom is -0.354 e. The molecule has 1 atom stereocenters. The molecule has 1 fully saturated rings. The molecule has 1 saturated heterocycles. The van der Waals surface area contributed by atoms with Gasteiger partial charge in [-0.15, -0.1) is 0 Å². The molecule has 2 heterocycles. The Morgan fingerprint density at radius 1 is 1.00 bits per heavy atom. The number of aromatic nitrogens is 2. The van der Waals surface area contributed by atoms with Crippen LogP contribution in [0.4, 0.5) is 16.4 Å². The Bertz CT molecular complexity index is 1080. The van der Waals surface area contributed by atoms with Crippen LogP contribution in [-0.4, -0.2) is 46.9 Å². The molecule has 0 aliphatic carbocycles. The number of benzene rings is 2. The third kappa shape index (κ3) is 4.04. The Labute approximate surface area is 172 Å². The van der Waals surface area contributed by atoms with E-state index in [1.807, 2.05) is 30.3 Å². The predicted molar refractivity (Wildman–Crippen MR) is 112 cm³/mol. The largest absolute Gasteiger partial charge is 0.354 e. The van der Waals surface area contributed by atoms with Crippen molar-refractivity contribution < 1.29 is 14.4 Å². The smallest absolute Gasteiger partial charge is 0.329 e. The van der Waals surface area contributed by atoms with Crippen molar-refractivity contribution in [2.45, 2.75) is 12.5 Å². The van der Waals surface area contributed by atoms with Gasteiger partial charge in [0.25, 0.3) is 5.91 Å². The zero-order valence-electron chi connectivity index (χ0n) is 16.0. The fraction of sp³-hybridized carbons (Fsp3) is 0.190. The Morgan fingerprint density at radius 2 is 1.77 bits per heavy atom. The summed E-state index contributed by atoms with van der Waals surface area (Å²) >= 11 is 0. The zero-order valence-corrected chi connectivity index (χ0v) is 16.0. The third-order valence-corrected chi connectivity index (χ3v) is 4.71. The van der Waals surface area contributed by atoms with Gasteiger partial charge in [-0.1, -0.05) is 36.4 Å². The van der Waals surface area contributed by atoms with Gasteiger partial charge in [0.15, 0.2) is 0 Å². The number of urea groups is 1. The lowest BCUT2D eigenvalue weighted by atomic mass is 10.1. The van der Waals surface area contributed by atoms with Crippen LogP contribution < -0.4 is 20.9 Å². The maximum Gasteiger partial charge on any atom is 0.329 e. The average molecular weight is 404 g/mol. The van der Waals surface area contributed by atoms with Gasteiger partial charge in [-0.2, -0.15) is 0 Å². The lowest BCUT2D eigenvalue weighted by Crippen LogP contribution is -2.38. The van der Waals surface area contributed by atoms with E-state index >= 15 is 0 Å². The highest BCUT2D eigenvalue weighted by Gasteiger charge is 2.40. The van der Waals surface area contributed by atoms with Crippen LogP contribution in [-0.2, 0) is 9.59 Å². The predicted octanol–water partition coefficient (Wildman–Crippen LogP) is 1.67. The van der Waals surface area contributed by atoms with Gasteiger partial charge < -0.3 is 16.0 Å². The highest BCUT2D eigenvalue weighted by molar-refractivity contribution is 6.24. The molecular weight excluding hydrogens is 384 g/mol. The number of anilines is 2. The Kier molecular flexibility index (Phi) is 5.51. The highest BCUT2D eigenvalue weighted by atomic mass is 16.2. The standard InChI is InChI=1S/C21H20N6O3/c28-18(22-11-12-25-20-23-9-4-10-24-20)13-16-19(29)27(21(30)26-16)17-8-3-6-14-5-1-2-7-15(14)17/h1-10,16H,11-13H2,(H,22,28)(H,26,30)(H,23,24,25). The first kappa shape index (κ1) is 19.3. The van der Waals surface area contributed by atoms with E-state index in [0.29, 0.717) is 24.7 Å². The van der Waals surface area contributed by atoms with Crippen LogP contribution in [0, 0.1) is 0 Å². The summed E-state index contributed by atoms with van der Waals surface area (Å²) in [4.78, 5) is 46.7. The van der Waals surface area contributed by atoms with Gasteiger partial charge in [-0.05, 0) is 17.5 Å². The molecule has 2 aromatic carbocycles. The first-order chi connectivity index (χ1) is 14.6. The summed E-state index contributed by atoms with van der Waals surface area (Å²) < 4.78 is 0. The van der Waals surface area contributed by atoms with Crippen molar-refractivity contribution >= 4 is 40.3 Å². The van der Waals surface area contributed by atoms with Crippen LogP contribution in [0.5, 0.6) is 0 Å². The highest BCUT2D eigenvalue weighted by Crippen LogP contribution is 2.29. The average Bonchev–Trinajstić information content (AvgIpc) is 3.04. The van der Waals surface area contributed by atoms with E-state index in [1.54, 1.807) is 30.6 Å². The maximum absolute atomic E-state index is 12.8. The van der Waals surface area contributed by atoms with Crippen LogP contribution in [0.15, 0.2) is 60.9 Å². The molecule has 0 saturated carbocycles. The number of fused-ring (bicyclic) bond motifs is 1. The molecule has 1 aliphatic rings. The number of nitrogens with one attached hydrogen (secondary N) is 3. The molecule has 3 aromatic rings. The second-order valence-electron chi connectivity index (χ2n) is 6.73. The molecule has 4 rings (SSSR count). The lowest BCUT2D eigenvalue weighted by molar-refractivity contribution is -0.125. The SMILES string of the molecule is O=C(CC1NC(=O)N(c2cccc3ccccc23)C1=O)NCCNc1ncccn1. The van der Waals surface area contributed by atoms with Gasteiger partial charge in [-0.25, -0.2) is 19.7 Å². The van der Waals surface area contributed by atoms with E-state index in [0.717, 1.165) is 15.7 Å². The number of nitrogens with zero attached hydrogens (tertiary/aromatic N) is 3. The number of imide groups is 1. The Hall–Kier alpha value is -4.01. The molecule has 0 radical (unpaired) electrons. The summed E-state index contributed by atoms with van der Waals surface area (Å²) in [5, 5.41) is 10.0. The molecule has 1 aliphatic heterocycles. The minimum atomic E-state index is -0.901. The number of amides is 4. The van der Waals surface area contributed by atoms with E-state index in [1.165, 1.54) is 0 Å². The molecule has 0 spiro atoms. The third-order valence-electron chi connectivity index (χ3n) is 4.71. The topological polar surface area (TPSA) is 116 Å². The summed E-state index contributed by atoms with van der Waals surface area (Å²) in [6.45, 7) is 0.766. The molecule has 152 valence electrons. The molecule has 9 nitrogen and oxygen atoms in total. The first-order valence-electron chi connectivity index (χ1n) is 9.53.